The zero-order valence-electron chi connectivity index (χ0n) is 20.7. The molecule has 1 aliphatic rings. The lowest BCUT2D eigenvalue weighted by Gasteiger charge is -2.33. The fraction of sp³-hybridized carbons (Fsp3) is 0.407. The van der Waals surface area contributed by atoms with E-state index < -0.39 is 5.51 Å². The molecule has 0 aliphatic heterocycles. The van der Waals surface area contributed by atoms with E-state index in [1.165, 1.54) is 18.6 Å². The molecule has 5 rings (SSSR count). The third kappa shape index (κ3) is 5.12. The van der Waals surface area contributed by atoms with Gasteiger partial charge in [-0.25, -0.2) is 4.98 Å². The van der Waals surface area contributed by atoms with E-state index >= 15 is 0 Å². The summed E-state index contributed by atoms with van der Waals surface area (Å²) in [6.45, 7) is 8.41. The summed E-state index contributed by atoms with van der Waals surface area (Å²) in [7, 11) is 0. The Hall–Kier alpha value is -2.94. The van der Waals surface area contributed by atoms with Crippen LogP contribution in [0.15, 0.2) is 51.9 Å². The number of fused-ring (bicyclic) bond motifs is 1. The topological polar surface area (TPSA) is 55.9 Å². The second-order valence-corrected chi connectivity index (χ2v) is 11.1. The fourth-order valence-electron chi connectivity index (χ4n) is 5.59. The van der Waals surface area contributed by atoms with Crippen molar-refractivity contribution in [2.75, 3.05) is 5.32 Å². The molecule has 0 spiro atoms. The van der Waals surface area contributed by atoms with E-state index in [1.54, 1.807) is 12.1 Å². The molecule has 190 valence electrons. The molecule has 0 amide bonds. The molecule has 36 heavy (non-hydrogen) atoms. The number of hydrogen-bond donors (Lipinski definition) is 1. The van der Waals surface area contributed by atoms with Crippen LogP contribution in [0.4, 0.5) is 24.8 Å². The molecule has 9 heteroatoms. The van der Waals surface area contributed by atoms with Crippen molar-refractivity contribution in [2.24, 2.45) is 11.8 Å². The molecule has 1 aliphatic carbocycles. The molecule has 0 bridgehead atoms. The van der Waals surface area contributed by atoms with Gasteiger partial charge in [0.1, 0.15) is 5.76 Å². The van der Waals surface area contributed by atoms with Crippen LogP contribution in [0, 0.1) is 25.7 Å². The van der Waals surface area contributed by atoms with Gasteiger partial charge in [0, 0.05) is 22.2 Å². The van der Waals surface area contributed by atoms with Crippen molar-refractivity contribution in [3.8, 4) is 11.1 Å². The van der Waals surface area contributed by atoms with Gasteiger partial charge in [0.25, 0.3) is 0 Å². The largest absolute Gasteiger partial charge is 0.446 e. The number of rotatable bonds is 5. The lowest BCUT2D eigenvalue weighted by atomic mass is 9.80. The van der Waals surface area contributed by atoms with Crippen molar-refractivity contribution in [3.05, 3.63) is 53.9 Å². The van der Waals surface area contributed by atoms with Crippen LogP contribution >= 0.6 is 11.8 Å². The molecule has 2 unspecified atom stereocenters. The number of anilines is 2. The van der Waals surface area contributed by atoms with Crippen LogP contribution in [-0.4, -0.2) is 20.2 Å². The Morgan fingerprint density at radius 3 is 2.31 bits per heavy atom. The molecule has 2 aromatic heterocycles. The number of imidazole rings is 1. The van der Waals surface area contributed by atoms with E-state index in [-0.39, 0.29) is 22.7 Å². The standard InChI is InChI=1S/C27H29F3N4OS/c1-15-11-16(2)13-21(12-15)34-24-10-5-19(25-17(3)33-35-18(25)4)14-23(24)32-26(34)31-20-6-8-22(9-7-20)36-27(28,29)30/h5-10,14-16,21H,11-13H2,1-4H3,(H,31,32). The van der Waals surface area contributed by atoms with Gasteiger partial charge >= 0.3 is 5.51 Å². The van der Waals surface area contributed by atoms with E-state index in [9.17, 15) is 13.2 Å². The highest BCUT2D eigenvalue weighted by Crippen LogP contribution is 2.41. The van der Waals surface area contributed by atoms with Crippen LogP contribution in [0.1, 0.15) is 50.6 Å². The Morgan fingerprint density at radius 2 is 1.69 bits per heavy atom. The first-order chi connectivity index (χ1) is 17.1. The average molecular weight is 515 g/mol. The Bertz CT molecular complexity index is 1350. The molecule has 2 aromatic carbocycles. The summed E-state index contributed by atoms with van der Waals surface area (Å²) in [4.78, 5) is 5.11. The van der Waals surface area contributed by atoms with Gasteiger partial charge in [-0.3, -0.25) is 0 Å². The predicted octanol–water partition coefficient (Wildman–Crippen LogP) is 8.66. The van der Waals surface area contributed by atoms with E-state index in [1.807, 2.05) is 13.8 Å². The SMILES string of the molecule is Cc1noc(C)c1-c1ccc2c(c1)nc(Nc1ccc(SC(F)(F)F)cc1)n2C1CC(C)CC(C)C1. The number of hydrogen-bond acceptors (Lipinski definition) is 5. The Kier molecular flexibility index (Phi) is 6.53. The highest BCUT2D eigenvalue weighted by atomic mass is 32.2. The lowest BCUT2D eigenvalue weighted by molar-refractivity contribution is -0.0328. The maximum Gasteiger partial charge on any atom is 0.446 e. The minimum absolute atomic E-state index is 0.113. The molecule has 4 aromatic rings. The lowest BCUT2D eigenvalue weighted by Crippen LogP contribution is -2.23. The number of nitrogens with one attached hydrogen (secondary N) is 1. The smallest absolute Gasteiger partial charge is 0.361 e. The Balaban J connectivity index is 1.55. The number of aromatic nitrogens is 3. The number of nitrogens with zero attached hydrogens (tertiary/aromatic N) is 3. The van der Waals surface area contributed by atoms with Gasteiger partial charge in [-0.05, 0) is 98.7 Å². The van der Waals surface area contributed by atoms with Gasteiger partial charge in [-0.1, -0.05) is 25.1 Å². The molecule has 2 atom stereocenters. The summed E-state index contributed by atoms with van der Waals surface area (Å²) < 4.78 is 45.9. The number of thioether (sulfide) groups is 1. The first-order valence-corrected chi connectivity index (χ1v) is 13.0. The van der Waals surface area contributed by atoms with Crippen LogP contribution < -0.4 is 5.32 Å². The molecule has 1 saturated carbocycles. The number of benzene rings is 2. The Labute approximate surface area is 212 Å². The zero-order chi connectivity index (χ0) is 25.6. The van der Waals surface area contributed by atoms with Gasteiger partial charge in [0.15, 0.2) is 0 Å². The van der Waals surface area contributed by atoms with Gasteiger partial charge in [-0.2, -0.15) is 13.2 Å². The number of aryl methyl sites for hydroxylation is 2. The van der Waals surface area contributed by atoms with Crippen LogP contribution in [0.3, 0.4) is 0 Å². The van der Waals surface area contributed by atoms with Crippen molar-refractivity contribution in [1.82, 2.24) is 14.7 Å². The molecule has 0 saturated heterocycles. The van der Waals surface area contributed by atoms with Gasteiger partial charge in [0.2, 0.25) is 5.95 Å². The second-order valence-electron chi connectivity index (χ2n) is 9.98. The molecule has 1 fully saturated rings. The fourth-order valence-corrected chi connectivity index (χ4v) is 6.13. The van der Waals surface area contributed by atoms with Crippen molar-refractivity contribution in [2.45, 2.75) is 63.4 Å². The van der Waals surface area contributed by atoms with Crippen LogP contribution in [-0.2, 0) is 0 Å². The summed E-state index contributed by atoms with van der Waals surface area (Å²) in [5, 5.41) is 7.47. The van der Waals surface area contributed by atoms with Gasteiger partial charge in [0.05, 0.1) is 16.7 Å². The quantitative estimate of drug-likeness (QED) is 0.270. The molecule has 5 nitrogen and oxygen atoms in total. The minimum Gasteiger partial charge on any atom is -0.361 e. The number of halogens is 3. The summed E-state index contributed by atoms with van der Waals surface area (Å²) in [6, 6.07) is 12.8. The molecular formula is C27H29F3N4OS. The zero-order valence-corrected chi connectivity index (χ0v) is 21.5. The monoisotopic (exact) mass is 514 g/mol. The van der Waals surface area contributed by atoms with E-state index in [0.717, 1.165) is 46.5 Å². The molecule has 1 N–H and O–H groups in total. The molecular weight excluding hydrogens is 485 g/mol. The highest BCUT2D eigenvalue weighted by Gasteiger charge is 2.30. The van der Waals surface area contributed by atoms with Gasteiger partial charge < -0.3 is 14.4 Å². The van der Waals surface area contributed by atoms with Crippen LogP contribution in [0.2, 0.25) is 0 Å². The molecule has 2 heterocycles. The van der Waals surface area contributed by atoms with Crippen LogP contribution in [0.25, 0.3) is 22.2 Å². The summed E-state index contributed by atoms with van der Waals surface area (Å²) in [5.41, 5.74) is 1.06. The third-order valence-corrected chi connectivity index (χ3v) is 7.61. The predicted molar refractivity (Wildman–Crippen MR) is 138 cm³/mol. The Morgan fingerprint density at radius 1 is 1.00 bits per heavy atom. The van der Waals surface area contributed by atoms with E-state index in [0.29, 0.717) is 23.5 Å². The summed E-state index contributed by atoms with van der Waals surface area (Å²) in [6.07, 6.45) is 3.31. The van der Waals surface area contributed by atoms with E-state index in [4.69, 9.17) is 9.51 Å². The summed E-state index contributed by atoms with van der Waals surface area (Å²) in [5.74, 6) is 2.66. The van der Waals surface area contributed by atoms with Crippen molar-refractivity contribution in [1.29, 1.82) is 0 Å². The first-order valence-electron chi connectivity index (χ1n) is 12.2. The maximum atomic E-state index is 12.7. The highest BCUT2D eigenvalue weighted by molar-refractivity contribution is 8.00. The van der Waals surface area contributed by atoms with Crippen molar-refractivity contribution in [3.63, 3.8) is 0 Å². The van der Waals surface area contributed by atoms with Crippen molar-refractivity contribution >= 4 is 34.4 Å². The number of alkyl halides is 3. The normalized spacial score (nSPS) is 20.7. The van der Waals surface area contributed by atoms with E-state index in [2.05, 4.69) is 47.1 Å². The molecule has 0 radical (unpaired) electrons. The second kappa shape index (κ2) is 9.50. The van der Waals surface area contributed by atoms with Gasteiger partial charge in [-0.15, -0.1) is 0 Å². The minimum atomic E-state index is -4.31. The average Bonchev–Trinajstić information content (AvgIpc) is 3.31. The summed E-state index contributed by atoms with van der Waals surface area (Å²) >= 11 is -0.113. The third-order valence-electron chi connectivity index (χ3n) is 6.87. The first kappa shape index (κ1) is 24.7. The van der Waals surface area contributed by atoms with Crippen LogP contribution in [0.5, 0.6) is 0 Å². The van der Waals surface area contributed by atoms with Crippen molar-refractivity contribution < 1.29 is 17.7 Å². The maximum absolute atomic E-state index is 12.7.